The van der Waals surface area contributed by atoms with Gasteiger partial charge in [0.2, 0.25) is 0 Å². The Morgan fingerprint density at radius 1 is 1.24 bits per heavy atom. The largest absolute Gasteiger partial charge is 0.503 e. The second kappa shape index (κ2) is 11.0. The molecule has 1 aliphatic rings. The highest BCUT2D eigenvalue weighted by atomic mass is 35.5. The molecular formula is C18H27ClNO5+. The Morgan fingerprint density at radius 2 is 2.04 bits per heavy atom. The second-order valence-corrected chi connectivity index (χ2v) is 5.65. The molecule has 1 aromatic carbocycles. The molecule has 0 aliphatic carbocycles. The molecule has 140 valence electrons. The smallest absolute Gasteiger partial charge is 0.173 e. The van der Waals surface area contributed by atoms with Gasteiger partial charge in [0.1, 0.15) is 26.8 Å². The molecular weight excluding hydrogens is 346 g/mol. The van der Waals surface area contributed by atoms with Gasteiger partial charge in [0, 0.05) is 0 Å². The third-order valence-corrected chi connectivity index (χ3v) is 3.45. The molecule has 1 heterocycles. The number of hydrogen-bond donors (Lipinski definition) is 0. The van der Waals surface area contributed by atoms with Crippen LogP contribution in [0.5, 0.6) is 11.5 Å². The predicted molar refractivity (Wildman–Crippen MR) is 99.5 cm³/mol. The summed E-state index contributed by atoms with van der Waals surface area (Å²) in [6, 6.07) is 5.80. The molecule has 0 amide bonds. The van der Waals surface area contributed by atoms with E-state index in [4.69, 9.17) is 23.7 Å². The third-order valence-electron chi connectivity index (χ3n) is 3.45. The Morgan fingerprint density at radius 3 is 2.64 bits per heavy atom. The van der Waals surface area contributed by atoms with Crippen molar-refractivity contribution in [1.29, 1.82) is 0 Å². The zero-order valence-corrected chi connectivity index (χ0v) is 16.0. The number of nitrogens with zero attached hydrogens (tertiary/aromatic N) is 1. The van der Waals surface area contributed by atoms with Crippen molar-refractivity contribution in [2.75, 3.05) is 54.7 Å². The minimum atomic E-state index is -0.0471. The number of halogens is 1. The average molecular weight is 373 g/mol. The fraction of sp³-hybridized carbons (Fsp3) is 0.500. The van der Waals surface area contributed by atoms with Crippen molar-refractivity contribution in [1.82, 2.24) is 0 Å². The van der Waals surface area contributed by atoms with Gasteiger partial charge in [0.15, 0.2) is 17.7 Å². The first-order valence-electron chi connectivity index (χ1n) is 7.89. The molecule has 1 aliphatic heterocycles. The number of methoxy groups -OCH3 is 2. The second-order valence-electron chi connectivity index (χ2n) is 5.65. The summed E-state index contributed by atoms with van der Waals surface area (Å²) in [5, 5.41) is 0. The molecule has 6 nitrogen and oxygen atoms in total. The van der Waals surface area contributed by atoms with Crippen molar-refractivity contribution < 1.29 is 28.3 Å². The fourth-order valence-corrected chi connectivity index (χ4v) is 2.36. The highest BCUT2D eigenvalue weighted by Gasteiger charge is 2.17. The van der Waals surface area contributed by atoms with E-state index in [-0.39, 0.29) is 18.5 Å². The summed E-state index contributed by atoms with van der Waals surface area (Å²) in [6.45, 7) is 2.24. The molecule has 2 rings (SSSR count). The maximum Gasteiger partial charge on any atom is 0.173 e. The summed E-state index contributed by atoms with van der Waals surface area (Å²) >= 11 is 0. The molecule has 1 aromatic rings. The van der Waals surface area contributed by atoms with Crippen LogP contribution >= 0.6 is 12.4 Å². The molecule has 0 bridgehead atoms. The number of benzene rings is 1. The minimum Gasteiger partial charge on any atom is -0.503 e. The Balaban J connectivity index is 0.00000312. The number of allylic oxidation sites excluding steroid dienone is 1. The van der Waals surface area contributed by atoms with E-state index in [0.717, 1.165) is 11.1 Å². The highest BCUT2D eigenvalue weighted by molar-refractivity contribution is 6.07. The van der Waals surface area contributed by atoms with Crippen LogP contribution in [0.15, 0.2) is 24.5 Å². The zero-order chi connectivity index (χ0) is 17.4. The van der Waals surface area contributed by atoms with Crippen molar-refractivity contribution in [2.45, 2.75) is 6.10 Å². The maximum atomic E-state index is 5.84. The van der Waals surface area contributed by atoms with Crippen LogP contribution in [0.2, 0.25) is 0 Å². The van der Waals surface area contributed by atoms with E-state index in [9.17, 15) is 0 Å². The van der Waals surface area contributed by atoms with E-state index < -0.39 is 0 Å². The molecule has 0 saturated carbocycles. The molecule has 0 spiro atoms. The Bertz CT molecular complexity index is 593. The molecule has 1 fully saturated rings. The van der Waals surface area contributed by atoms with Crippen LogP contribution in [-0.4, -0.2) is 71.6 Å². The summed E-state index contributed by atoms with van der Waals surface area (Å²) in [4.78, 5) is 0. The van der Waals surface area contributed by atoms with Gasteiger partial charge in [-0.1, -0.05) is 6.07 Å². The van der Waals surface area contributed by atoms with Gasteiger partial charge in [-0.2, -0.15) is 0 Å². The summed E-state index contributed by atoms with van der Waals surface area (Å²) in [6.07, 6.45) is 3.63. The van der Waals surface area contributed by atoms with Gasteiger partial charge in [0.25, 0.3) is 0 Å². The van der Waals surface area contributed by atoms with Crippen LogP contribution in [-0.2, 0) is 14.2 Å². The lowest BCUT2D eigenvalue weighted by Crippen LogP contribution is -2.33. The Kier molecular flexibility index (Phi) is 9.34. The number of rotatable bonds is 7. The third kappa shape index (κ3) is 6.57. The molecule has 0 N–H and O–H groups in total. The monoisotopic (exact) mass is 372 g/mol. The molecule has 1 saturated heterocycles. The van der Waals surface area contributed by atoms with Gasteiger partial charge >= 0.3 is 0 Å². The Hall–Kier alpha value is -1.76. The van der Waals surface area contributed by atoms with Gasteiger partial charge in [-0.05, 0) is 17.7 Å². The first-order chi connectivity index (χ1) is 11.6. The molecule has 7 heteroatoms. The zero-order valence-electron chi connectivity index (χ0n) is 15.2. The molecule has 0 unspecified atom stereocenters. The van der Waals surface area contributed by atoms with E-state index in [0.29, 0.717) is 37.9 Å². The molecule has 1 atom stereocenters. The van der Waals surface area contributed by atoms with E-state index in [2.05, 4.69) is 0 Å². The van der Waals surface area contributed by atoms with Crippen LogP contribution in [0.4, 0.5) is 0 Å². The Labute approximate surface area is 155 Å². The van der Waals surface area contributed by atoms with Gasteiger partial charge in [-0.3, -0.25) is 0 Å². The first-order valence-corrected chi connectivity index (χ1v) is 7.89. The lowest BCUT2D eigenvalue weighted by atomic mass is 10.1. The van der Waals surface area contributed by atoms with Crippen molar-refractivity contribution in [3.8, 4) is 11.5 Å². The van der Waals surface area contributed by atoms with Gasteiger partial charge < -0.3 is 23.7 Å². The highest BCUT2D eigenvalue weighted by Crippen LogP contribution is 2.30. The van der Waals surface area contributed by atoms with Crippen LogP contribution in [0, 0.1) is 0 Å². The SMILES string of the molecule is COC=C(C=[N+](C)C)c1ccc(OC[C@H]2COCCO2)c(OC)c1.Cl. The summed E-state index contributed by atoms with van der Waals surface area (Å²) in [7, 11) is 7.18. The maximum absolute atomic E-state index is 5.84. The van der Waals surface area contributed by atoms with E-state index in [1.165, 1.54) is 0 Å². The van der Waals surface area contributed by atoms with Crippen molar-refractivity contribution in [3.05, 3.63) is 30.0 Å². The van der Waals surface area contributed by atoms with E-state index in [1.54, 1.807) is 20.5 Å². The molecule has 25 heavy (non-hydrogen) atoms. The van der Waals surface area contributed by atoms with Crippen molar-refractivity contribution in [2.24, 2.45) is 0 Å². The van der Waals surface area contributed by atoms with Crippen LogP contribution in [0.1, 0.15) is 5.56 Å². The molecule has 0 aromatic heterocycles. The van der Waals surface area contributed by atoms with Gasteiger partial charge in [-0.15, -0.1) is 12.4 Å². The van der Waals surface area contributed by atoms with E-state index in [1.807, 2.05) is 43.1 Å². The van der Waals surface area contributed by atoms with Crippen molar-refractivity contribution >= 4 is 24.2 Å². The van der Waals surface area contributed by atoms with Crippen LogP contribution in [0.25, 0.3) is 5.57 Å². The van der Waals surface area contributed by atoms with Gasteiger partial charge in [0.05, 0.1) is 45.9 Å². The molecule has 0 radical (unpaired) electrons. The van der Waals surface area contributed by atoms with E-state index >= 15 is 0 Å². The summed E-state index contributed by atoms with van der Waals surface area (Å²) in [5.74, 6) is 1.34. The summed E-state index contributed by atoms with van der Waals surface area (Å²) < 4.78 is 29.4. The first kappa shape index (κ1) is 21.3. The predicted octanol–water partition coefficient (Wildman–Crippen LogP) is 2.24. The number of ether oxygens (including phenoxy) is 5. The standard InChI is InChI=1S/C18H26NO5.ClH/c1-19(2)10-15(11-20-3)14-5-6-17(18(9-14)21-4)24-13-16-12-22-7-8-23-16;/h5-6,9-11,16H,7-8,12-13H2,1-4H3;1H/q+1;/t16-;/m1./s1. The number of hydrogen-bond acceptors (Lipinski definition) is 5. The summed E-state index contributed by atoms with van der Waals surface area (Å²) in [5.41, 5.74) is 1.92. The van der Waals surface area contributed by atoms with Crippen molar-refractivity contribution in [3.63, 3.8) is 0 Å². The lowest BCUT2D eigenvalue weighted by molar-refractivity contribution is -0.458. The normalized spacial score (nSPS) is 17.3. The quantitative estimate of drug-likeness (QED) is 0.417. The van der Waals surface area contributed by atoms with Gasteiger partial charge in [-0.25, -0.2) is 4.58 Å². The lowest BCUT2D eigenvalue weighted by Gasteiger charge is -2.23. The van der Waals surface area contributed by atoms with Crippen LogP contribution in [0.3, 0.4) is 0 Å². The minimum absolute atomic E-state index is 0. The van der Waals surface area contributed by atoms with Crippen LogP contribution < -0.4 is 9.47 Å². The topological polar surface area (TPSA) is 49.2 Å². The fourth-order valence-electron chi connectivity index (χ4n) is 2.36. The average Bonchev–Trinajstić information content (AvgIpc) is 2.60.